The molecule has 3 aromatic rings. The fraction of sp³-hybridized carbons (Fsp3) is 0.333. The molecule has 0 spiro atoms. The van der Waals surface area contributed by atoms with Crippen LogP contribution < -0.4 is 19.1 Å². The largest absolute Gasteiger partial charge is 0.497 e. The molecule has 0 heterocycles. The second kappa shape index (κ2) is 14.9. The van der Waals surface area contributed by atoms with Gasteiger partial charge in [-0.25, -0.2) is 8.42 Å². The van der Waals surface area contributed by atoms with Crippen LogP contribution in [0.5, 0.6) is 11.5 Å². The van der Waals surface area contributed by atoms with Crippen LogP contribution in [0.4, 0.5) is 11.4 Å². The molecule has 236 valence electrons. The van der Waals surface area contributed by atoms with Crippen LogP contribution >= 0.6 is 11.6 Å². The molecule has 12 nitrogen and oxygen atoms in total. The summed E-state index contributed by atoms with van der Waals surface area (Å²) in [5, 5.41) is 14.5. The second-order valence-electron chi connectivity index (χ2n) is 9.72. The van der Waals surface area contributed by atoms with Gasteiger partial charge in [-0.3, -0.25) is 24.0 Å². The van der Waals surface area contributed by atoms with E-state index >= 15 is 0 Å². The number of halogens is 1. The highest BCUT2D eigenvalue weighted by molar-refractivity contribution is 7.92. The number of ether oxygens (including phenoxy) is 2. The number of aryl methyl sites for hydroxylation is 1. The maximum absolute atomic E-state index is 14.2. The maximum atomic E-state index is 14.2. The number of nitro groups is 1. The minimum absolute atomic E-state index is 0.0188. The Morgan fingerprint density at radius 3 is 2.27 bits per heavy atom. The Bertz CT molecular complexity index is 1620. The molecular weight excluding hydrogens is 612 g/mol. The fourth-order valence-electron chi connectivity index (χ4n) is 4.58. The van der Waals surface area contributed by atoms with Crippen LogP contribution in [-0.2, 0) is 26.2 Å². The van der Waals surface area contributed by atoms with Gasteiger partial charge in [0.25, 0.3) is 15.7 Å². The van der Waals surface area contributed by atoms with Crippen molar-refractivity contribution in [3.05, 3.63) is 86.9 Å². The molecule has 14 heteroatoms. The maximum Gasteiger partial charge on any atom is 0.273 e. The molecule has 3 rings (SSSR count). The van der Waals surface area contributed by atoms with Crippen LogP contribution in [0.2, 0.25) is 5.02 Å². The summed E-state index contributed by atoms with van der Waals surface area (Å²) in [7, 11) is -1.77. The second-order valence-corrected chi connectivity index (χ2v) is 12.0. The van der Waals surface area contributed by atoms with Gasteiger partial charge >= 0.3 is 0 Å². The van der Waals surface area contributed by atoms with Crippen LogP contribution in [0.3, 0.4) is 0 Å². The number of anilines is 1. The number of carbonyl (C=O) groups excluding carboxylic acids is 2. The normalized spacial score (nSPS) is 11.8. The molecule has 0 aliphatic heterocycles. The molecule has 0 aliphatic rings. The summed E-state index contributed by atoms with van der Waals surface area (Å²) in [6.07, 6.45) is 0.241. The van der Waals surface area contributed by atoms with Gasteiger partial charge in [-0.2, -0.15) is 0 Å². The summed E-state index contributed by atoms with van der Waals surface area (Å²) in [5.41, 5.74) is 0.465. The Morgan fingerprint density at radius 1 is 1.02 bits per heavy atom. The molecule has 44 heavy (non-hydrogen) atoms. The number of sulfonamides is 1. The Balaban J connectivity index is 2.18. The number of nitro benzene ring substituents is 1. The number of amides is 2. The van der Waals surface area contributed by atoms with Gasteiger partial charge < -0.3 is 19.7 Å². The van der Waals surface area contributed by atoms with Crippen LogP contribution in [0, 0.1) is 17.0 Å². The molecule has 0 bridgehead atoms. The number of hydrogen-bond donors (Lipinski definition) is 1. The summed E-state index contributed by atoms with van der Waals surface area (Å²) < 4.78 is 39.8. The van der Waals surface area contributed by atoms with Crippen molar-refractivity contribution >= 4 is 44.8 Å². The first-order chi connectivity index (χ1) is 20.9. The van der Waals surface area contributed by atoms with Crippen molar-refractivity contribution in [2.45, 2.75) is 44.7 Å². The summed E-state index contributed by atoms with van der Waals surface area (Å²) in [4.78, 5) is 39.2. The smallest absolute Gasteiger partial charge is 0.273 e. The van der Waals surface area contributed by atoms with Crippen LogP contribution in [0.15, 0.2) is 65.6 Å². The van der Waals surface area contributed by atoms with Crippen molar-refractivity contribution < 1.29 is 32.4 Å². The lowest BCUT2D eigenvalue weighted by molar-refractivity contribution is -0.385. The van der Waals surface area contributed by atoms with E-state index in [1.54, 1.807) is 38.1 Å². The molecule has 0 saturated heterocycles. The molecule has 2 amide bonds. The standard InChI is InChI=1S/C30H35ClN4O8S/c1-6-25(30(37)32-7-2)33(18-21-9-12-23(42-4)13-10-21)29(36)19-34(27-16-22(31)11-15-28(27)43-5)44(40,41)24-14-8-20(3)26(17-24)35(38)39/h8-17,25H,6-7,18-19H2,1-5H3,(H,32,37)/t25-/m1/s1. The number of methoxy groups -OCH3 is 2. The van der Waals surface area contributed by atoms with Crippen molar-refractivity contribution in [3.63, 3.8) is 0 Å². The van der Waals surface area contributed by atoms with Crippen molar-refractivity contribution in [2.75, 3.05) is 31.6 Å². The van der Waals surface area contributed by atoms with Gasteiger partial charge in [0.05, 0.1) is 29.7 Å². The van der Waals surface area contributed by atoms with E-state index < -0.39 is 49.9 Å². The quantitative estimate of drug-likeness (QED) is 0.196. The van der Waals surface area contributed by atoms with Crippen molar-refractivity contribution in [1.29, 1.82) is 0 Å². The highest BCUT2D eigenvalue weighted by Crippen LogP contribution is 2.36. The van der Waals surface area contributed by atoms with Gasteiger partial charge in [-0.1, -0.05) is 36.7 Å². The number of nitrogens with one attached hydrogen (secondary N) is 1. The van der Waals surface area contributed by atoms with E-state index in [0.717, 1.165) is 10.4 Å². The van der Waals surface area contributed by atoms with Gasteiger partial charge in [-0.05, 0) is 62.2 Å². The number of benzene rings is 3. The van der Waals surface area contributed by atoms with E-state index in [1.807, 2.05) is 0 Å². The first-order valence-corrected chi connectivity index (χ1v) is 15.5. The molecule has 0 unspecified atom stereocenters. The number of likely N-dealkylation sites (N-methyl/N-ethyl adjacent to an activating group) is 1. The lowest BCUT2D eigenvalue weighted by Gasteiger charge is -2.33. The van der Waals surface area contributed by atoms with Gasteiger partial charge in [0.1, 0.15) is 24.1 Å². The Kier molecular flexibility index (Phi) is 11.5. The highest BCUT2D eigenvalue weighted by Gasteiger charge is 2.35. The summed E-state index contributed by atoms with van der Waals surface area (Å²) >= 11 is 6.26. The molecule has 0 aliphatic carbocycles. The van der Waals surface area contributed by atoms with Crippen LogP contribution in [-0.4, -0.2) is 63.4 Å². The number of carbonyl (C=O) groups is 2. The zero-order valence-corrected chi connectivity index (χ0v) is 26.6. The Hall–Kier alpha value is -4.36. The molecule has 0 fully saturated rings. The zero-order chi connectivity index (χ0) is 32.6. The minimum atomic E-state index is -4.62. The molecule has 0 radical (unpaired) electrons. The lowest BCUT2D eigenvalue weighted by atomic mass is 10.1. The Morgan fingerprint density at radius 2 is 1.70 bits per heavy atom. The van der Waals surface area contributed by atoms with Gasteiger partial charge in [-0.15, -0.1) is 0 Å². The molecule has 1 atom stereocenters. The van der Waals surface area contributed by atoms with Crippen molar-refractivity contribution in [1.82, 2.24) is 10.2 Å². The van der Waals surface area contributed by atoms with Crippen LogP contribution in [0.25, 0.3) is 0 Å². The highest BCUT2D eigenvalue weighted by atomic mass is 35.5. The summed E-state index contributed by atoms with van der Waals surface area (Å²) in [6.45, 7) is 4.52. The van der Waals surface area contributed by atoms with Crippen molar-refractivity contribution in [2.24, 2.45) is 0 Å². The third kappa shape index (κ3) is 7.77. The van der Waals surface area contributed by atoms with Gasteiger partial charge in [0, 0.05) is 29.7 Å². The average Bonchev–Trinajstić information content (AvgIpc) is 3.00. The van der Waals surface area contributed by atoms with E-state index in [4.69, 9.17) is 21.1 Å². The third-order valence-electron chi connectivity index (χ3n) is 6.90. The first kappa shape index (κ1) is 34.1. The molecular formula is C30H35ClN4O8S. The molecule has 0 saturated carbocycles. The lowest BCUT2D eigenvalue weighted by Crippen LogP contribution is -2.52. The average molecular weight is 647 g/mol. The monoisotopic (exact) mass is 646 g/mol. The number of nitrogens with zero attached hydrogens (tertiary/aromatic N) is 3. The van der Waals surface area contributed by atoms with E-state index in [2.05, 4.69) is 5.32 Å². The number of hydrogen-bond acceptors (Lipinski definition) is 8. The summed E-state index contributed by atoms with van der Waals surface area (Å²) in [5.74, 6) is -0.420. The zero-order valence-electron chi connectivity index (χ0n) is 25.1. The Labute approximate surface area is 261 Å². The molecule has 3 aromatic carbocycles. The SMILES string of the molecule is CCNC(=O)[C@@H](CC)N(Cc1ccc(OC)cc1)C(=O)CN(c1cc(Cl)ccc1OC)S(=O)(=O)c1ccc(C)c([N+](=O)[O-])c1. The minimum Gasteiger partial charge on any atom is -0.497 e. The third-order valence-corrected chi connectivity index (χ3v) is 8.89. The van der Waals surface area contributed by atoms with E-state index in [9.17, 15) is 28.1 Å². The van der Waals surface area contributed by atoms with E-state index in [1.165, 1.54) is 56.4 Å². The molecule has 1 N–H and O–H groups in total. The summed E-state index contributed by atoms with van der Waals surface area (Å²) in [6, 6.07) is 13.7. The van der Waals surface area contributed by atoms with Gasteiger partial charge in [0.15, 0.2) is 0 Å². The first-order valence-electron chi connectivity index (χ1n) is 13.7. The predicted molar refractivity (Wildman–Crippen MR) is 167 cm³/mol. The fourth-order valence-corrected chi connectivity index (χ4v) is 6.19. The predicted octanol–water partition coefficient (Wildman–Crippen LogP) is 4.71. The molecule has 0 aromatic heterocycles. The van der Waals surface area contributed by atoms with E-state index in [0.29, 0.717) is 17.9 Å². The topological polar surface area (TPSA) is 148 Å². The van der Waals surface area contributed by atoms with Crippen LogP contribution in [0.1, 0.15) is 31.4 Å². The van der Waals surface area contributed by atoms with Crippen molar-refractivity contribution in [3.8, 4) is 11.5 Å². The number of rotatable bonds is 14. The van der Waals surface area contributed by atoms with Gasteiger partial charge in [0.2, 0.25) is 11.8 Å². The van der Waals surface area contributed by atoms with E-state index in [-0.39, 0.29) is 35.0 Å².